The number of hydrogen-bond acceptors (Lipinski definition) is 3. The Balaban J connectivity index is 2.17. The van der Waals surface area contributed by atoms with Crippen LogP contribution in [-0.4, -0.2) is 31.7 Å². The van der Waals surface area contributed by atoms with Crippen LogP contribution in [-0.2, 0) is 14.8 Å². The summed E-state index contributed by atoms with van der Waals surface area (Å²) < 4.78 is 52.6. The third-order valence-electron chi connectivity index (χ3n) is 3.45. The van der Waals surface area contributed by atoms with Gasteiger partial charge in [0.05, 0.1) is 11.4 Å². The van der Waals surface area contributed by atoms with Crippen molar-refractivity contribution in [1.29, 1.82) is 0 Å². The number of nitrogens with one attached hydrogen (secondary N) is 1. The molecule has 2 aromatic carbocycles. The Bertz CT molecular complexity index is 889. The number of rotatable bonds is 7. The molecule has 5 nitrogen and oxygen atoms in total. The second-order valence-electron chi connectivity index (χ2n) is 5.47. The predicted molar refractivity (Wildman–Crippen MR) is 95.5 cm³/mol. The summed E-state index contributed by atoms with van der Waals surface area (Å²) in [5.74, 6) is -2.81. The molecule has 0 fully saturated rings. The third-order valence-corrected chi connectivity index (χ3v) is 5.56. The van der Waals surface area contributed by atoms with Crippen LogP contribution in [0.25, 0.3) is 0 Å². The molecule has 0 aliphatic heterocycles. The van der Waals surface area contributed by atoms with Gasteiger partial charge in [-0.05, 0) is 42.8 Å². The van der Waals surface area contributed by atoms with Gasteiger partial charge in [0.25, 0.3) is 0 Å². The molecule has 0 heterocycles. The highest BCUT2D eigenvalue weighted by Crippen LogP contribution is 2.19. The van der Waals surface area contributed by atoms with Gasteiger partial charge in [0, 0.05) is 23.3 Å². The second kappa shape index (κ2) is 8.57. The molecule has 1 N–H and O–H groups in total. The molecular formula is C17H17ClF2N2O3S. The first-order valence-electron chi connectivity index (χ1n) is 7.74. The van der Waals surface area contributed by atoms with Crippen molar-refractivity contribution in [3.05, 3.63) is 59.1 Å². The lowest BCUT2D eigenvalue weighted by Gasteiger charge is -2.21. The minimum Gasteiger partial charge on any atom is -0.325 e. The summed E-state index contributed by atoms with van der Waals surface area (Å²) in [7, 11) is -3.90. The highest BCUT2D eigenvalue weighted by Gasteiger charge is 2.26. The van der Waals surface area contributed by atoms with E-state index >= 15 is 0 Å². The van der Waals surface area contributed by atoms with Crippen LogP contribution in [0.15, 0.2) is 47.4 Å². The van der Waals surface area contributed by atoms with Gasteiger partial charge in [0.2, 0.25) is 15.9 Å². The average molecular weight is 403 g/mol. The summed E-state index contributed by atoms with van der Waals surface area (Å²) >= 11 is 5.77. The van der Waals surface area contributed by atoms with Crippen LogP contribution in [0.1, 0.15) is 13.3 Å². The summed E-state index contributed by atoms with van der Waals surface area (Å²) in [6.07, 6.45) is 0.491. The molecule has 0 saturated heterocycles. The molecule has 0 aromatic heterocycles. The number of amides is 1. The van der Waals surface area contributed by atoms with Crippen molar-refractivity contribution in [3.8, 4) is 0 Å². The summed E-state index contributed by atoms with van der Waals surface area (Å²) in [6.45, 7) is 1.44. The molecule has 1 amide bonds. The molecule has 0 atom stereocenters. The summed E-state index contributed by atoms with van der Waals surface area (Å²) in [5, 5.41) is 2.75. The molecule has 0 aliphatic carbocycles. The van der Waals surface area contributed by atoms with Crippen molar-refractivity contribution >= 4 is 33.2 Å². The molecule has 2 aromatic rings. The fourth-order valence-corrected chi connectivity index (χ4v) is 3.84. The lowest BCUT2D eigenvalue weighted by molar-refractivity contribution is -0.116. The maximum atomic E-state index is 13.2. The quantitative estimate of drug-likeness (QED) is 0.768. The first-order valence-corrected chi connectivity index (χ1v) is 9.56. The van der Waals surface area contributed by atoms with Crippen molar-refractivity contribution < 1.29 is 22.0 Å². The molecule has 26 heavy (non-hydrogen) atoms. The van der Waals surface area contributed by atoms with E-state index in [9.17, 15) is 22.0 Å². The topological polar surface area (TPSA) is 66.5 Å². The third kappa shape index (κ3) is 5.00. The van der Waals surface area contributed by atoms with Gasteiger partial charge < -0.3 is 5.32 Å². The van der Waals surface area contributed by atoms with Gasteiger partial charge in [-0.25, -0.2) is 17.2 Å². The van der Waals surface area contributed by atoms with Crippen LogP contribution in [0.3, 0.4) is 0 Å². The molecule has 0 radical (unpaired) electrons. The number of carbonyl (C=O) groups is 1. The van der Waals surface area contributed by atoms with E-state index in [1.165, 1.54) is 30.3 Å². The Hall–Kier alpha value is -2.03. The molecule has 0 saturated carbocycles. The van der Waals surface area contributed by atoms with Gasteiger partial charge in [-0.15, -0.1) is 0 Å². The van der Waals surface area contributed by atoms with Crippen LogP contribution in [0.4, 0.5) is 14.5 Å². The second-order valence-corrected chi connectivity index (χ2v) is 7.84. The zero-order valence-corrected chi connectivity index (χ0v) is 15.4. The Morgan fingerprint density at radius 3 is 2.35 bits per heavy atom. The fraction of sp³-hybridized carbons (Fsp3) is 0.235. The monoisotopic (exact) mass is 402 g/mol. The van der Waals surface area contributed by atoms with E-state index in [1.807, 2.05) is 0 Å². The number of nitrogens with zero attached hydrogens (tertiary/aromatic N) is 1. The zero-order chi connectivity index (χ0) is 19.3. The van der Waals surface area contributed by atoms with E-state index in [4.69, 9.17) is 11.6 Å². The van der Waals surface area contributed by atoms with E-state index in [2.05, 4.69) is 5.32 Å². The van der Waals surface area contributed by atoms with Gasteiger partial charge >= 0.3 is 0 Å². The summed E-state index contributed by atoms with van der Waals surface area (Å²) in [6, 6.07) is 8.49. The Morgan fingerprint density at radius 2 is 1.77 bits per heavy atom. The zero-order valence-electron chi connectivity index (χ0n) is 13.9. The number of halogens is 3. The van der Waals surface area contributed by atoms with Gasteiger partial charge in [-0.3, -0.25) is 4.79 Å². The van der Waals surface area contributed by atoms with E-state index in [-0.39, 0.29) is 17.1 Å². The molecule has 0 bridgehead atoms. The van der Waals surface area contributed by atoms with Gasteiger partial charge in [0.15, 0.2) is 11.6 Å². The van der Waals surface area contributed by atoms with Crippen LogP contribution in [0.2, 0.25) is 5.02 Å². The van der Waals surface area contributed by atoms with E-state index in [0.717, 1.165) is 16.4 Å². The van der Waals surface area contributed by atoms with Crippen LogP contribution in [0.5, 0.6) is 0 Å². The normalized spacial score (nSPS) is 11.6. The number of benzene rings is 2. The van der Waals surface area contributed by atoms with Crippen molar-refractivity contribution in [2.75, 3.05) is 18.4 Å². The summed E-state index contributed by atoms with van der Waals surface area (Å²) in [4.78, 5) is 12.2. The maximum absolute atomic E-state index is 13.2. The number of anilines is 1. The first-order chi connectivity index (χ1) is 12.2. The van der Waals surface area contributed by atoms with Gasteiger partial charge in [0.1, 0.15) is 0 Å². The van der Waals surface area contributed by atoms with Gasteiger partial charge in [-0.1, -0.05) is 18.5 Å². The molecule has 140 valence electrons. The lowest BCUT2D eigenvalue weighted by atomic mass is 10.3. The number of hydrogen-bond donors (Lipinski definition) is 1. The maximum Gasteiger partial charge on any atom is 0.243 e. The average Bonchev–Trinajstić information content (AvgIpc) is 2.58. The minimum atomic E-state index is -3.90. The van der Waals surface area contributed by atoms with E-state index in [0.29, 0.717) is 11.4 Å². The van der Waals surface area contributed by atoms with E-state index < -0.39 is 34.1 Å². The highest BCUT2D eigenvalue weighted by molar-refractivity contribution is 7.89. The van der Waals surface area contributed by atoms with Crippen molar-refractivity contribution in [3.63, 3.8) is 0 Å². The lowest BCUT2D eigenvalue weighted by Crippen LogP contribution is -2.38. The van der Waals surface area contributed by atoms with Crippen LogP contribution >= 0.6 is 11.6 Å². The largest absolute Gasteiger partial charge is 0.325 e. The smallest absolute Gasteiger partial charge is 0.243 e. The van der Waals surface area contributed by atoms with Crippen molar-refractivity contribution in [1.82, 2.24) is 4.31 Å². The SMILES string of the molecule is CCCN(CC(=O)Nc1ccc(F)c(F)c1)S(=O)(=O)c1ccc(Cl)cc1. The fourth-order valence-electron chi connectivity index (χ4n) is 2.22. The van der Waals surface area contributed by atoms with E-state index in [1.54, 1.807) is 6.92 Å². The Kier molecular flexibility index (Phi) is 6.69. The minimum absolute atomic E-state index is 0.0102. The Morgan fingerprint density at radius 1 is 1.12 bits per heavy atom. The molecule has 0 spiro atoms. The first kappa shape index (κ1) is 20.3. The van der Waals surface area contributed by atoms with Crippen LogP contribution < -0.4 is 5.32 Å². The number of sulfonamides is 1. The predicted octanol–water partition coefficient (Wildman–Crippen LogP) is 3.66. The van der Waals surface area contributed by atoms with Crippen molar-refractivity contribution in [2.24, 2.45) is 0 Å². The molecule has 0 aliphatic rings. The Labute approximate surface area is 155 Å². The number of carbonyl (C=O) groups excluding carboxylic acids is 1. The van der Waals surface area contributed by atoms with Crippen LogP contribution in [0, 0.1) is 11.6 Å². The molecular weight excluding hydrogens is 386 g/mol. The molecule has 9 heteroatoms. The molecule has 0 unspecified atom stereocenters. The van der Waals surface area contributed by atoms with Crippen molar-refractivity contribution in [2.45, 2.75) is 18.2 Å². The van der Waals surface area contributed by atoms with Gasteiger partial charge in [-0.2, -0.15) is 4.31 Å². The standard InChI is InChI=1S/C17H17ClF2N2O3S/c1-2-9-22(26(24,25)14-6-3-12(18)4-7-14)11-17(23)21-13-5-8-15(19)16(20)10-13/h3-8,10H,2,9,11H2,1H3,(H,21,23). The molecule has 2 rings (SSSR count). The highest BCUT2D eigenvalue weighted by atomic mass is 35.5. The summed E-state index contributed by atoms with van der Waals surface area (Å²) in [5.41, 5.74) is 0.0363.